The number of aliphatic hydroxyl groups excluding tert-OH is 1. The lowest BCUT2D eigenvalue weighted by molar-refractivity contribution is -0.253. The van der Waals surface area contributed by atoms with Gasteiger partial charge in [0, 0.05) is 56.0 Å². The van der Waals surface area contributed by atoms with E-state index >= 15 is 0 Å². The number of para-hydroxylation sites is 2. The second-order valence-electron chi connectivity index (χ2n) is 14.8. The van der Waals surface area contributed by atoms with Crippen molar-refractivity contribution in [3.05, 3.63) is 130 Å². The molecular formula is C44H53ClN4O6. The Bertz CT molecular complexity index is 1830. The molecule has 2 heterocycles. The van der Waals surface area contributed by atoms with Crippen molar-refractivity contribution in [2.24, 2.45) is 0 Å². The fourth-order valence-electron chi connectivity index (χ4n) is 7.31. The summed E-state index contributed by atoms with van der Waals surface area (Å²) in [4.78, 5) is 27.2. The van der Waals surface area contributed by atoms with Crippen molar-refractivity contribution in [3.8, 4) is 0 Å². The molecule has 2 aliphatic rings. The quantitative estimate of drug-likeness (QED) is 0.0581. The maximum absolute atomic E-state index is 12.6. The van der Waals surface area contributed by atoms with E-state index in [2.05, 4.69) is 15.5 Å². The largest absolute Gasteiger partial charge is 0.397 e. The second-order valence-corrected chi connectivity index (χ2v) is 15.2. The Morgan fingerprint density at radius 1 is 0.800 bits per heavy atom. The molecule has 3 atom stereocenters. The number of halogens is 1. The van der Waals surface area contributed by atoms with Crippen LogP contribution in [0.2, 0.25) is 5.02 Å². The summed E-state index contributed by atoms with van der Waals surface area (Å²) >= 11 is 6.09. The summed E-state index contributed by atoms with van der Waals surface area (Å²) in [6.45, 7) is 2.60. The molecule has 11 heteroatoms. The molecule has 3 unspecified atom stereocenters. The van der Waals surface area contributed by atoms with E-state index in [1.54, 1.807) is 12.1 Å². The van der Waals surface area contributed by atoms with Gasteiger partial charge in [0.25, 0.3) is 0 Å². The van der Waals surface area contributed by atoms with Crippen LogP contribution >= 0.6 is 11.6 Å². The summed E-state index contributed by atoms with van der Waals surface area (Å²) in [5, 5.41) is 27.5. The Balaban J connectivity index is 0.964. The van der Waals surface area contributed by atoms with Crippen LogP contribution in [-0.4, -0.2) is 52.7 Å². The maximum Gasteiger partial charge on any atom is 0.224 e. The monoisotopic (exact) mass is 768 g/mol. The molecule has 0 saturated carbocycles. The molecule has 292 valence electrons. The van der Waals surface area contributed by atoms with E-state index in [1.807, 2.05) is 84.9 Å². The Labute approximate surface area is 329 Å². The van der Waals surface area contributed by atoms with Gasteiger partial charge in [-0.2, -0.15) is 0 Å². The van der Waals surface area contributed by atoms with Crippen molar-refractivity contribution in [2.75, 3.05) is 30.7 Å². The smallest absolute Gasteiger partial charge is 0.224 e. The number of benzene rings is 4. The predicted molar refractivity (Wildman–Crippen MR) is 215 cm³/mol. The molecule has 6 rings (SSSR count). The van der Waals surface area contributed by atoms with Gasteiger partial charge in [-0.1, -0.05) is 97.2 Å². The first-order valence-electron chi connectivity index (χ1n) is 19.4. The standard InChI is InChI=1S/C44H53ClN4O6/c45-36-21-19-35(20-22-36)44(53)23-25-49(26-24-44)29-37-27-40(33-15-13-32(30-50)14-16-33)55-43(54-37)34-17-11-31(12-18-34)28-47-41(51)9-3-1-2-4-10-42(52)48-39-8-6-5-7-38(39)46/h5-8,11-22,37,40,43,50,53H,1-4,9-10,23-30,46H2,(H,47,51)(H,48,52). The average molecular weight is 769 g/mol. The van der Waals surface area contributed by atoms with Crippen LogP contribution in [0.3, 0.4) is 0 Å². The second kappa shape index (κ2) is 19.5. The van der Waals surface area contributed by atoms with Crippen molar-refractivity contribution >= 4 is 34.8 Å². The number of ether oxygens (including phenoxy) is 2. The van der Waals surface area contributed by atoms with E-state index in [1.165, 1.54) is 0 Å². The van der Waals surface area contributed by atoms with Crippen molar-refractivity contribution in [2.45, 2.75) is 95.0 Å². The van der Waals surface area contributed by atoms with Gasteiger partial charge in [0.15, 0.2) is 6.29 Å². The van der Waals surface area contributed by atoms with E-state index in [0.29, 0.717) is 61.6 Å². The number of piperidine rings is 1. The number of unbranched alkanes of at least 4 members (excludes halogenated alkanes) is 3. The molecule has 2 saturated heterocycles. The SMILES string of the molecule is Nc1ccccc1NC(=O)CCCCCCC(=O)NCc1ccc(C2OC(CN3CCC(O)(c4ccc(Cl)cc4)CC3)CC(c3ccc(CO)cc3)O2)cc1. The zero-order chi connectivity index (χ0) is 38.6. The number of rotatable bonds is 16. The fourth-order valence-corrected chi connectivity index (χ4v) is 7.43. The van der Waals surface area contributed by atoms with Gasteiger partial charge in [0.2, 0.25) is 11.8 Å². The highest BCUT2D eigenvalue weighted by atomic mass is 35.5. The van der Waals surface area contributed by atoms with E-state index in [-0.39, 0.29) is 30.6 Å². The molecule has 10 nitrogen and oxygen atoms in total. The minimum absolute atomic E-state index is 0.00235. The number of likely N-dealkylation sites (tertiary alicyclic amines) is 1. The maximum atomic E-state index is 12.6. The minimum atomic E-state index is -0.877. The van der Waals surface area contributed by atoms with Crippen molar-refractivity contribution in [3.63, 3.8) is 0 Å². The summed E-state index contributed by atoms with van der Waals surface area (Å²) < 4.78 is 13.2. The number of hydrogen-bond acceptors (Lipinski definition) is 8. The van der Waals surface area contributed by atoms with Gasteiger partial charge in [-0.15, -0.1) is 0 Å². The molecule has 0 bridgehead atoms. The van der Waals surface area contributed by atoms with Gasteiger partial charge in [-0.3, -0.25) is 9.59 Å². The van der Waals surface area contributed by atoms with Gasteiger partial charge in [0.05, 0.1) is 35.8 Å². The third-order valence-corrected chi connectivity index (χ3v) is 10.9. The van der Waals surface area contributed by atoms with Crippen LogP contribution < -0.4 is 16.4 Å². The Morgan fingerprint density at radius 3 is 2.11 bits per heavy atom. The number of hydrogen-bond donors (Lipinski definition) is 5. The van der Waals surface area contributed by atoms with Gasteiger partial charge < -0.3 is 41.0 Å². The number of anilines is 2. The van der Waals surface area contributed by atoms with E-state index in [9.17, 15) is 19.8 Å². The fraction of sp³-hybridized carbons (Fsp3) is 0.409. The lowest BCUT2D eigenvalue weighted by atomic mass is 9.84. The summed E-state index contributed by atoms with van der Waals surface area (Å²) in [6, 6.07) is 30.5. The van der Waals surface area contributed by atoms with Gasteiger partial charge in [-0.05, 0) is 72.2 Å². The van der Waals surface area contributed by atoms with Crippen LogP contribution in [0.5, 0.6) is 0 Å². The lowest BCUT2D eigenvalue weighted by Crippen LogP contribution is -2.46. The Kier molecular flexibility index (Phi) is 14.3. The number of nitrogens with one attached hydrogen (secondary N) is 2. The zero-order valence-corrected chi connectivity index (χ0v) is 32.1. The molecule has 0 aliphatic carbocycles. The number of carbonyl (C=O) groups excluding carboxylic acids is 2. The predicted octanol–water partition coefficient (Wildman–Crippen LogP) is 7.54. The third-order valence-electron chi connectivity index (χ3n) is 10.7. The first-order valence-corrected chi connectivity index (χ1v) is 19.8. The third kappa shape index (κ3) is 11.6. The number of nitrogens with zero attached hydrogens (tertiary/aromatic N) is 1. The van der Waals surface area contributed by atoms with Crippen molar-refractivity contribution < 1.29 is 29.3 Å². The van der Waals surface area contributed by atoms with Crippen LogP contribution in [0.15, 0.2) is 97.1 Å². The number of carbonyl (C=O) groups is 2. The topological polar surface area (TPSA) is 146 Å². The number of nitrogens with two attached hydrogens (primary N) is 1. The van der Waals surface area contributed by atoms with Crippen LogP contribution in [0.4, 0.5) is 11.4 Å². The highest BCUT2D eigenvalue weighted by Crippen LogP contribution is 2.39. The molecule has 0 aromatic heterocycles. The number of nitrogen functional groups attached to an aromatic ring is 1. The highest BCUT2D eigenvalue weighted by Gasteiger charge is 2.37. The lowest BCUT2D eigenvalue weighted by Gasteiger charge is -2.42. The molecule has 2 amide bonds. The van der Waals surface area contributed by atoms with Crippen molar-refractivity contribution in [1.82, 2.24) is 10.2 Å². The van der Waals surface area contributed by atoms with Crippen LogP contribution in [0.1, 0.15) is 98.0 Å². The molecular weight excluding hydrogens is 716 g/mol. The summed E-state index contributed by atoms with van der Waals surface area (Å²) in [7, 11) is 0. The Hall–Kier alpha value is -4.29. The summed E-state index contributed by atoms with van der Waals surface area (Å²) in [5.41, 5.74) is 10.9. The van der Waals surface area contributed by atoms with E-state index in [4.69, 9.17) is 26.8 Å². The van der Waals surface area contributed by atoms with Gasteiger partial charge in [-0.25, -0.2) is 0 Å². The van der Waals surface area contributed by atoms with Crippen LogP contribution in [0, 0.1) is 0 Å². The van der Waals surface area contributed by atoms with Crippen molar-refractivity contribution in [1.29, 1.82) is 0 Å². The van der Waals surface area contributed by atoms with E-state index in [0.717, 1.165) is 66.6 Å². The van der Waals surface area contributed by atoms with Crippen LogP contribution in [-0.2, 0) is 37.8 Å². The summed E-state index contributed by atoms with van der Waals surface area (Å²) in [5.74, 6) is -0.0536. The number of aliphatic hydroxyl groups is 2. The minimum Gasteiger partial charge on any atom is -0.397 e. The normalized spacial score (nSPS) is 19.8. The molecule has 4 aromatic rings. The molecule has 55 heavy (non-hydrogen) atoms. The molecule has 0 radical (unpaired) electrons. The Morgan fingerprint density at radius 2 is 1.44 bits per heavy atom. The number of amides is 2. The first-order chi connectivity index (χ1) is 26.7. The first kappa shape index (κ1) is 40.4. The molecule has 2 aliphatic heterocycles. The highest BCUT2D eigenvalue weighted by molar-refractivity contribution is 6.30. The van der Waals surface area contributed by atoms with Gasteiger partial charge in [0.1, 0.15) is 0 Å². The van der Waals surface area contributed by atoms with E-state index < -0.39 is 11.9 Å². The molecule has 2 fully saturated rings. The van der Waals surface area contributed by atoms with Gasteiger partial charge >= 0.3 is 0 Å². The molecule has 0 spiro atoms. The zero-order valence-electron chi connectivity index (χ0n) is 31.3. The average Bonchev–Trinajstić information content (AvgIpc) is 3.20. The molecule has 6 N–H and O–H groups in total. The molecule has 4 aromatic carbocycles. The summed E-state index contributed by atoms with van der Waals surface area (Å²) in [6.07, 6.45) is 5.17. The van der Waals surface area contributed by atoms with Crippen LogP contribution in [0.25, 0.3) is 0 Å².